The Labute approximate surface area is 215 Å². The molecule has 2 atom stereocenters. The predicted octanol–water partition coefficient (Wildman–Crippen LogP) is 5.61. The summed E-state index contributed by atoms with van der Waals surface area (Å²) in [5, 5.41) is 3.26. The van der Waals surface area contributed by atoms with Gasteiger partial charge in [-0.25, -0.2) is 4.39 Å². The zero-order valence-electron chi connectivity index (χ0n) is 22.0. The fraction of sp³-hybridized carbons (Fsp3) is 0.567. The minimum absolute atomic E-state index is 0.140. The highest BCUT2D eigenvalue weighted by atomic mass is 19.1. The highest BCUT2D eigenvalue weighted by molar-refractivity contribution is 5.83. The summed E-state index contributed by atoms with van der Waals surface area (Å²) in [5.41, 5.74) is 2.26. The molecule has 196 valence electrons. The monoisotopic (exact) mass is 496 g/mol. The fourth-order valence-electron chi connectivity index (χ4n) is 5.91. The van der Waals surface area contributed by atoms with Gasteiger partial charge < -0.3 is 14.8 Å². The van der Waals surface area contributed by atoms with Crippen LogP contribution >= 0.6 is 0 Å². The first-order chi connectivity index (χ1) is 17.4. The van der Waals surface area contributed by atoms with Crippen molar-refractivity contribution in [3.05, 3.63) is 53.8 Å². The first-order valence-electron chi connectivity index (χ1n) is 13.5. The molecule has 6 heteroatoms. The molecule has 0 bridgehead atoms. The largest absolute Gasteiger partial charge is 0.496 e. The number of carbonyl (C=O) groups excluding carboxylic acids is 1. The number of likely N-dealkylation sites (tertiary alicyclic amines) is 1. The van der Waals surface area contributed by atoms with E-state index in [9.17, 15) is 9.18 Å². The van der Waals surface area contributed by atoms with Gasteiger partial charge in [0.2, 0.25) is 5.91 Å². The lowest BCUT2D eigenvalue weighted by Gasteiger charge is -2.39. The van der Waals surface area contributed by atoms with Crippen LogP contribution in [0.3, 0.4) is 0 Å². The smallest absolute Gasteiger partial charge is 0.226 e. The average molecular weight is 497 g/mol. The van der Waals surface area contributed by atoms with Crippen molar-refractivity contribution < 1.29 is 18.7 Å². The number of ether oxygens (including phenoxy) is 2. The molecule has 2 aliphatic heterocycles. The molecule has 2 saturated heterocycles. The van der Waals surface area contributed by atoms with Crippen LogP contribution in [0.4, 0.5) is 4.39 Å². The molecule has 0 spiro atoms. The normalized spacial score (nSPS) is 22.2. The van der Waals surface area contributed by atoms with E-state index in [-0.39, 0.29) is 11.7 Å². The summed E-state index contributed by atoms with van der Waals surface area (Å²) in [4.78, 5) is 16.1. The van der Waals surface area contributed by atoms with E-state index < -0.39 is 5.41 Å². The van der Waals surface area contributed by atoms with E-state index in [1.807, 2.05) is 24.3 Å². The SMILES string of the molecule is COc1ccc(F)cc1-c1ccc(CC2(C(=O)NCCCN3[C@H](C)CCC[C@H]3C)CCOCC2)cc1. The van der Waals surface area contributed by atoms with Crippen molar-refractivity contribution in [3.63, 3.8) is 0 Å². The molecule has 4 rings (SSSR count). The Morgan fingerprint density at radius 1 is 1.11 bits per heavy atom. The molecule has 0 aliphatic carbocycles. The van der Waals surface area contributed by atoms with E-state index in [4.69, 9.17) is 9.47 Å². The molecule has 0 saturated carbocycles. The maximum Gasteiger partial charge on any atom is 0.226 e. The summed E-state index contributed by atoms with van der Waals surface area (Å²) in [6.45, 7) is 7.59. The second-order valence-electron chi connectivity index (χ2n) is 10.6. The summed E-state index contributed by atoms with van der Waals surface area (Å²) < 4.78 is 24.9. The van der Waals surface area contributed by atoms with Gasteiger partial charge in [-0.15, -0.1) is 0 Å². The summed E-state index contributed by atoms with van der Waals surface area (Å²) >= 11 is 0. The number of methoxy groups -OCH3 is 1. The minimum atomic E-state index is -0.456. The Kier molecular flexibility index (Phi) is 9.02. The van der Waals surface area contributed by atoms with Crippen LogP contribution < -0.4 is 10.1 Å². The van der Waals surface area contributed by atoms with Gasteiger partial charge in [0.05, 0.1) is 12.5 Å². The molecule has 0 aromatic heterocycles. The third-order valence-corrected chi connectivity index (χ3v) is 8.16. The molecule has 36 heavy (non-hydrogen) atoms. The molecule has 1 N–H and O–H groups in total. The Balaban J connectivity index is 1.39. The van der Waals surface area contributed by atoms with E-state index in [2.05, 4.69) is 24.1 Å². The zero-order valence-corrected chi connectivity index (χ0v) is 22.0. The van der Waals surface area contributed by atoms with Crippen LogP contribution in [0.2, 0.25) is 0 Å². The first kappa shape index (κ1) is 26.6. The van der Waals surface area contributed by atoms with Gasteiger partial charge in [0.15, 0.2) is 0 Å². The zero-order chi connectivity index (χ0) is 25.5. The van der Waals surface area contributed by atoms with Crippen LogP contribution in [-0.2, 0) is 16.0 Å². The molecular weight excluding hydrogens is 455 g/mol. The highest BCUT2D eigenvalue weighted by Gasteiger charge is 2.40. The van der Waals surface area contributed by atoms with Gasteiger partial charge >= 0.3 is 0 Å². The molecule has 5 nitrogen and oxygen atoms in total. The van der Waals surface area contributed by atoms with Crippen molar-refractivity contribution in [2.75, 3.05) is 33.4 Å². The molecule has 2 aliphatic rings. The quantitative estimate of drug-likeness (QED) is 0.459. The lowest BCUT2D eigenvalue weighted by Crippen LogP contribution is -2.47. The highest BCUT2D eigenvalue weighted by Crippen LogP contribution is 2.36. The van der Waals surface area contributed by atoms with Crippen molar-refractivity contribution in [3.8, 4) is 16.9 Å². The number of nitrogens with one attached hydrogen (secondary N) is 1. The summed E-state index contributed by atoms with van der Waals surface area (Å²) in [5.74, 6) is 0.482. The molecule has 1 amide bonds. The van der Waals surface area contributed by atoms with E-state index in [0.717, 1.165) is 42.5 Å². The fourth-order valence-corrected chi connectivity index (χ4v) is 5.91. The number of benzene rings is 2. The number of halogens is 1. The van der Waals surface area contributed by atoms with Crippen LogP contribution in [0.1, 0.15) is 57.9 Å². The van der Waals surface area contributed by atoms with E-state index >= 15 is 0 Å². The second kappa shape index (κ2) is 12.2. The van der Waals surface area contributed by atoms with E-state index in [0.29, 0.717) is 44.0 Å². The lowest BCUT2D eigenvalue weighted by molar-refractivity contribution is -0.136. The standard InChI is InChI=1S/C30H41FN2O3/c1-22-6-4-7-23(2)33(22)17-5-16-32-29(34)30(14-18-36-19-15-30)21-24-8-10-25(11-9-24)27-20-26(31)12-13-28(27)35-3/h8-13,20,22-23H,4-7,14-19,21H2,1-3H3,(H,32,34)/t22-,23-/m1/s1. The Hall–Kier alpha value is -2.44. The summed E-state index contributed by atoms with van der Waals surface area (Å²) in [7, 11) is 1.59. The number of carbonyl (C=O) groups is 1. The van der Waals surface area contributed by atoms with Crippen LogP contribution in [-0.4, -0.2) is 56.3 Å². The molecular formula is C30H41FN2O3. The summed E-state index contributed by atoms with van der Waals surface area (Å²) in [6, 6.07) is 13.9. The maximum atomic E-state index is 13.9. The van der Waals surface area contributed by atoms with Crippen LogP contribution in [0, 0.1) is 11.2 Å². The topological polar surface area (TPSA) is 50.8 Å². The molecule has 2 fully saturated rings. The number of rotatable bonds is 9. The number of hydrogen-bond donors (Lipinski definition) is 1. The van der Waals surface area contributed by atoms with Gasteiger partial charge in [-0.2, -0.15) is 0 Å². The van der Waals surface area contributed by atoms with Crippen molar-refractivity contribution in [1.29, 1.82) is 0 Å². The van der Waals surface area contributed by atoms with Crippen LogP contribution in [0.25, 0.3) is 11.1 Å². The Bertz CT molecular complexity index is 994. The van der Waals surface area contributed by atoms with Gasteiger partial charge in [0.25, 0.3) is 0 Å². The number of amides is 1. The molecule has 0 radical (unpaired) electrons. The van der Waals surface area contributed by atoms with Crippen molar-refractivity contribution >= 4 is 5.91 Å². The molecule has 0 unspecified atom stereocenters. The number of piperidine rings is 1. The van der Waals surface area contributed by atoms with Crippen molar-refractivity contribution in [2.45, 2.75) is 70.9 Å². The van der Waals surface area contributed by atoms with Crippen LogP contribution in [0.15, 0.2) is 42.5 Å². The number of hydrogen-bond acceptors (Lipinski definition) is 4. The van der Waals surface area contributed by atoms with Gasteiger partial charge in [-0.3, -0.25) is 9.69 Å². The van der Waals surface area contributed by atoms with E-state index in [1.54, 1.807) is 13.2 Å². The van der Waals surface area contributed by atoms with E-state index in [1.165, 1.54) is 31.4 Å². The van der Waals surface area contributed by atoms with Crippen molar-refractivity contribution in [2.24, 2.45) is 5.41 Å². The number of nitrogens with zero attached hydrogens (tertiary/aromatic N) is 1. The third-order valence-electron chi connectivity index (χ3n) is 8.16. The molecule has 2 aromatic carbocycles. The Morgan fingerprint density at radius 2 is 1.81 bits per heavy atom. The minimum Gasteiger partial charge on any atom is -0.496 e. The third kappa shape index (κ3) is 6.27. The summed E-state index contributed by atoms with van der Waals surface area (Å²) in [6.07, 6.45) is 6.93. The van der Waals surface area contributed by atoms with Crippen LogP contribution in [0.5, 0.6) is 5.75 Å². The van der Waals surface area contributed by atoms with Gasteiger partial charge in [0.1, 0.15) is 11.6 Å². The van der Waals surface area contributed by atoms with Gasteiger partial charge in [-0.05, 0) is 81.7 Å². The second-order valence-corrected chi connectivity index (χ2v) is 10.6. The first-order valence-corrected chi connectivity index (χ1v) is 13.5. The average Bonchev–Trinajstić information content (AvgIpc) is 2.89. The Morgan fingerprint density at radius 3 is 2.47 bits per heavy atom. The van der Waals surface area contributed by atoms with Gasteiger partial charge in [-0.1, -0.05) is 30.7 Å². The molecule has 2 aromatic rings. The molecule has 2 heterocycles. The maximum absolute atomic E-state index is 13.9. The lowest BCUT2D eigenvalue weighted by atomic mass is 9.74. The van der Waals surface area contributed by atoms with Crippen molar-refractivity contribution in [1.82, 2.24) is 10.2 Å². The predicted molar refractivity (Wildman–Crippen MR) is 142 cm³/mol. The van der Waals surface area contributed by atoms with Gasteiger partial charge in [0, 0.05) is 44.0 Å².